The highest BCUT2D eigenvalue weighted by Crippen LogP contribution is 2.24. The molecule has 3 nitrogen and oxygen atoms in total. The van der Waals surface area contributed by atoms with E-state index in [0.29, 0.717) is 0 Å². The van der Waals surface area contributed by atoms with Gasteiger partial charge < -0.3 is 5.32 Å². The molecule has 2 heterocycles. The fourth-order valence-electron chi connectivity index (χ4n) is 1.81. The van der Waals surface area contributed by atoms with E-state index in [2.05, 4.69) is 57.6 Å². The zero-order valence-corrected chi connectivity index (χ0v) is 12.3. The van der Waals surface area contributed by atoms with Crippen molar-refractivity contribution in [2.24, 2.45) is 0 Å². The second-order valence-electron chi connectivity index (χ2n) is 4.16. The number of hydrogen-bond donors (Lipinski definition) is 1. The minimum absolute atomic E-state index is 0.732. The Morgan fingerprint density at radius 2 is 2.33 bits per heavy atom. The first-order chi connectivity index (χ1) is 8.72. The summed E-state index contributed by atoms with van der Waals surface area (Å²) in [7, 11) is 0. The third kappa shape index (κ3) is 2.28. The van der Waals surface area contributed by atoms with E-state index < -0.39 is 0 Å². The molecule has 1 aromatic carbocycles. The second kappa shape index (κ2) is 4.74. The lowest BCUT2D eigenvalue weighted by Gasteiger charge is -2.07. The van der Waals surface area contributed by atoms with Gasteiger partial charge in [0.05, 0.1) is 12.2 Å². The van der Waals surface area contributed by atoms with Crippen molar-refractivity contribution in [3.63, 3.8) is 0 Å². The number of thiazole rings is 1. The Balaban J connectivity index is 1.76. The molecule has 0 aliphatic rings. The lowest BCUT2D eigenvalue weighted by atomic mass is 10.2. The van der Waals surface area contributed by atoms with Crippen molar-refractivity contribution in [2.75, 3.05) is 5.32 Å². The van der Waals surface area contributed by atoms with Crippen LogP contribution in [0.4, 0.5) is 5.69 Å². The Kier molecular flexibility index (Phi) is 3.09. The number of rotatable bonds is 3. The van der Waals surface area contributed by atoms with Crippen LogP contribution < -0.4 is 5.32 Å². The lowest BCUT2D eigenvalue weighted by molar-refractivity contribution is 1.08. The predicted octanol–water partition coefficient (Wildman–Crippen LogP) is 4.08. The molecule has 0 bridgehead atoms. The van der Waals surface area contributed by atoms with Gasteiger partial charge >= 0.3 is 0 Å². The van der Waals surface area contributed by atoms with Gasteiger partial charge in [-0.15, -0.1) is 11.3 Å². The van der Waals surface area contributed by atoms with Crippen molar-refractivity contribution in [3.05, 3.63) is 51.7 Å². The molecule has 0 saturated heterocycles. The van der Waals surface area contributed by atoms with Crippen LogP contribution in [0, 0.1) is 6.92 Å². The summed E-state index contributed by atoms with van der Waals surface area (Å²) in [5.41, 5.74) is 3.39. The number of aromatic nitrogens is 2. The number of fused-ring (bicyclic) bond motifs is 1. The maximum Gasteiger partial charge on any atom is 0.193 e. The molecule has 92 valence electrons. The number of hydrogen-bond acceptors (Lipinski definition) is 3. The smallest absolute Gasteiger partial charge is 0.193 e. The standard InChI is InChI=1S/C13H12BrN3S/c1-9-2-3-12(11(14)6-9)15-7-10-8-17-4-5-18-13(17)16-10/h2-6,8,15H,7H2,1H3. The highest BCUT2D eigenvalue weighted by Gasteiger charge is 2.04. The van der Waals surface area contributed by atoms with Crippen LogP contribution in [0.3, 0.4) is 0 Å². The van der Waals surface area contributed by atoms with Gasteiger partial charge in [-0.3, -0.25) is 4.40 Å². The number of imidazole rings is 1. The third-order valence-electron chi connectivity index (χ3n) is 2.73. The van der Waals surface area contributed by atoms with Crippen molar-refractivity contribution in [3.8, 4) is 0 Å². The number of nitrogens with one attached hydrogen (secondary N) is 1. The maximum absolute atomic E-state index is 4.54. The Hall–Kier alpha value is -1.33. The molecule has 5 heteroatoms. The van der Waals surface area contributed by atoms with Gasteiger partial charge in [0.25, 0.3) is 0 Å². The van der Waals surface area contributed by atoms with Crippen LogP contribution in [0.5, 0.6) is 0 Å². The van der Waals surface area contributed by atoms with E-state index >= 15 is 0 Å². The number of anilines is 1. The summed E-state index contributed by atoms with van der Waals surface area (Å²) in [6.45, 7) is 2.81. The molecular formula is C13H12BrN3S. The van der Waals surface area contributed by atoms with Crippen LogP contribution >= 0.6 is 27.3 Å². The van der Waals surface area contributed by atoms with Crippen LogP contribution in [0.2, 0.25) is 0 Å². The van der Waals surface area contributed by atoms with E-state index in [1.807, 2.05) is 16.0 Å². The summed E-state index contributed by atoms with van der Waals surface area (Å²) >= 11 is 5.21. The predicted molar refractivity (Wildman–Crippen MR) is 79.3 cm³/mol. The van der Waals surface area contributed by atoms with Gasteiger partial charge in [-0.25, -0.2) is 4.98 Å². The van der Waals surface area contributed by atoms with Crippen LogP contribution in [0.15, 0.2) is 40.4 Å². The summed E-state index contributed by atoms with van der Waals surface area (Å²) in [5.74, 6) is 0. The molecule has 0 aliphatic carbocycles. The Morgan fingerprint density at radius 3 is 3.11 bits per heavy atom. The van der Waals surface area contributed by atoms with E-state index in [9.17, 15) is 0 Å². The molecule has 0 atom stereocenters. The van der Waals surface area contributed by atoms with Gasteiger partial charge in [0, 0.05) is 27.9 Å². The molecule has 0 aliphatic heterocycles. The number of aryl methyl sites for hydroxylation is 1. The van der Waals surface area contributed by atoms with E-state index in [1.165, 1.54) is 5.56 Å². The van der Waals surface area contributed by atoms with Gasteiger partial charge in [-0.2, -0.15) is 0 Å². The number of nitrogens with zero attached hydrogens (tertiary/aromatic N) is 2. The second-order valence-corrected chi connectivity index (χ2v) is 5.89. The van der Waals surface area contributed by atoms with E-state index in [4.69, 9.17) is 0 Å². The monoisotopic (exact) mass is 321 g/mol. The molecular weight excluding hydrogens is 310 g/mol. The first kappa shape index (κ1) is 11.7. The SMILES string of the molecule is Cc1ccc(NCc2cn3ccsc3n2)c(Br)c1. The molecule has 0 fully saturated rings. The highest BCUT2D eigenvalue weighted by atomic mass is 79.9. The van der Waals surface area contributed by atoms with Crippen LogP contribution in [-0.2, 0) is 6.54 Å². The van der Waals surface area contributed by atoms with Gasteiger partial charge in [0.1, 0.15) is 0 Å². The molecule has 0 spiro atoms. The van der Waals surface area contributed by atoms with Gasteiger partial charge in [0.2, 0.25) is 0 Å². The molecule has 3 rings (SSSR count). The van der Waals surface area contributed by atoms with Gasteiger partial charge in [0.15, 0.2) is 4.96 Å². The minimum Gasteiger partial charge on any atom is -0.378 e. The number of halogens is 1. The normalized spacial score (nSPS) is 11.0. The van der Waals surface area contributed by atoms with Crippen LogP contribution in [0.1, 0.15) is 11.3 Å². The Morgan fingerprint density at radius 1 is 1.44 bits per heavy atom. The first-order valence-electron chi connectivity index (χ1n) is 5.63. The van der Waals surface area contributed by atoms with Crippen molar-refractivity contribution in [2.45, 2.75) is 13.5 Å². The van der Waals surface area contributed by atoms with Gasteiger partial charge in [-0.05, 0) is 40.5 Å². The quantitative estimate of drug-likeness (QED) is 0.787. The van der Waals surface area contributed by atoms with E-state index in [0.717, 1.165) is 27.4 Å². The van der Waals surface area contributed by atoms with E-state index in [-0.39, 0.29) is 0 Å². The first-order valence-corrected chi connectivity index (χ1v) is 7.31. The summed E-state index contributed by atoms with van der Waals surface area (Å²) in [6, 6.07) is 6.28. The van der Waals surface area contributed by atoms with Crippen molar-refractivity contribution in [1.29, 1.82) is 0 Å². The lowest BCUT2D eigenvalue weighted by Crippen LogP contribution is -2.00. The van der Waals surface area contributed by atoms with Crippen molar-refractivity contribution in [1.82, 2.24) is 9.38 Å². The maximum atomic E-state index is 4.54. The average molecular weight is 322 g/mol. The average Bonchev–Trinajstić information content (AvgIpc) is 2.88. The fourth-order valence-corrected chi connectivity index (χ4v) is 3.16. The highest BCUT2D eigenvalue weighted by molar-refractivity contribution is 9.10. The molecule has 0 amide bonds. The molecule has 0 radical (unpaired) electrons. The minimum atomic E-state index is 0.732. The molecule has 3 aromatic rings. The Bertz CT molecular complexity index is 658. The summed E-state index contributed by atoms with van der Waals surface area (Å²) < 4.78 is 3.13. The molecule has 18 heavy (non-hydrogen) atoms. The van der Waals surface area contributed by atoms with Crippen LogP contribution in [-0.4, -0.2) is 9.38 Å². The Labute approximate surface area is 118 Å². The third-order valence-corrected chi connectivity index (χ3v) is 4.15. The summed E-state index contributed by atoms with van der Waals surface area (Å²) in [4.78, 5) is 5.58. The zero-order valence-electron chi connectivity index (χ0n) is 9.85. The molecule has 0 saturated carbocycles. The summed E-state index contributed by atoms with van der Waals surface area (Å²) in [6.07, 6.45) is 4.08. The topological polar surface area (TPSA) is 29.3 Å². The number of benzene rings is 1. The van der Waals surface area contributed by atoms with Crippen LogP contribution in [0.25, 0.3) is 4.96 Å². The summed E-state index contributed by atoms with van der Waals surface area (Å²) in [5, 5.41) is 5.43. The fraction of sp³-hybridized carbons (Fsp3) is 0.154. The molecule has 1 N–H and O–H groups in total. The van der Waals surface area contributed by atoms with Crippen molar-refractivity contribution < 1.29 is 0 Å². The largest absolute Gasteiger partial charge is 0.378 e. The van der Waals surface area contributed by atoms with Gasteiger partial charge in [-0.1, -0.05) is 6.07 Å². The zero-order chi connectivity index (χ0) is 12.5. The van der Waals surface area contributed by atoms with Crippen molar-refractivity contribution >= 4 is 37.9 Å². The molecule has 2 aromatic heterocycles. The molecule has 0 unspecified atom stereocenters. The van der Waals surface area contributed by atoms with E-state index in [1.54, 1.807) is 11.3 Å².